The SMILES string of the molecule is CC(C)c1[nH]c(=O)ccc1C(=O)NCCC1CCCCN1S(C)(=O)=O.O=CO. The number of nitrogens with zero attached hydrogens (tertiary/aromatic N) is 1. The summed E-state index contributed by atoms with van der Waals surface area (Å²) < 4.78 is 25.3. The van der Waals surface area contributed by atoms with E-state index in [2.05, 4.69) is 10.3 Å². The Bertz CT molecular complexity index is 819. The number of aromatic nitrogens is 1. The fourth-order valence-corrected chi connectivity index (χ4v) is 4.50. The van der Waals surface area contributed by atoms with Crippen molar-refractivity contribution < 1.29 is 23.1 Å². The van der Waals surface area contributed by atoms with Gasteiger partial charge in [-0.3, -0.25) is 14.4 Å². The van der Waals surface area contributed by atoms with Gasteiger partial charge in [-0.1, -0.05) is 20.3 Å². The zero-order valence-corrected chi connectivity index (χ0v) is 17.3. The van der Waals surface area contributed by atoms with E-state index in [9.17, 15) is 18.0 Å². The maximum absolute atomic E-state index is 12.4. The van der Waals surface area contributed by atoms with Crippen LogP contribution in [0.2, 0.25) is 0 Å². The number of carbonyl (C=O) groups excluding carboxylic acids is 1. The van der Waals surface area contributed by atoms with Gasteiger partial charge < -0.3 is 15.4 Å². The molecule has 28 heavy (non-hydrogen) atoms. The molecule has 158 valence electrons. The van der Waals surface area contributed by atoms with E-state index in [0.29, 0.717) is 30.8 Å². The zero-order chi connectivity index (χ0) is 21.3. The smallest absolute Gasteiger partial charge is 0.290 e. The number of carboxylic acid groups (broad SMARTS) is 1. The number of hydrogen-bond acceptors (Lipinski definition) is 5. The summed E-state index contributed by atoms with van der Waals surface area (Å²) >= 11 is 0. The molecule has 1 unspecified atom stereocenters. The predicted molar refractivity (Wildman–Crippen MR) is 106 cm³/mol. The second-order valence-corrected chi connectivity index (χ2v) is 8.91. The highest BCUT2D eigenvalue weighted by molar-refractivity contribution is 7.88. The van der Waals surface area contributed by atoms with Gasteiger partial charge in [0.2, 0.25) is 15.6 Å². The first-order chi connectivity index (χ1) is 13.1. The van der Waals surface area contributed by atoms with Gasteiger partial charge in [-0.05, 0) is 31.2 Å². The van der Waals surface area contributed by atoms with E-state index in [1.165, 1.54) is 18.4 Å². The summed E-state index contributed by atoms with van der Waals surface area (Å²) in [5, 5.41) is 9.74. The number of H-pyrrole nitrogens is 1. The molecule has 1 atom stereocenters. The third-order valence-corrected chi connectivity index (χ3v) is 5.87. The van der Waals surface area contributed by atoms with Gasteiger partial charge in [-0.2, -0.15) is 4.31 Å². The molecule has 0 aromatic carbocycles. The number of rotatable bonds is 6. The number of sulfonamides is 1. The van der Waals surface area contributed by atoms with E-state index in [0.717, 1.165) is 19.3 Å². The second-order valence-electron chi connectivity index (χ2n) is 6.98. The van der Waals surface area contributed by atoms with Gasteiger partial charge in [0, 0.05) is 30.9 Å². The first-order valence-electron chi connectivity index (χ1n) is 9.17. The molecular formula is C18H29N3O6S. The fraction of sp³-hybridized carbons (Fsp3) is 0.611. The molecule has 0 saturated carbocycles. The summed E-state index contributed by atoms with van der Waals surface area (Å²) in [6.45, 7) is 4.52. The molecule has 0 spiro atoms. The molecular weight excluding hydrogens is 386 g/mol. The number of hydrogen-bond donors (Lipinski definition) is 3. The van der Waals surface area contributed by atoms with E-state index in [4.69, 9.17) is 9.90 Å². The molecule has 0 aliphatic carbocycles. The Morgan fingerprint density at radius 3 is 2.61 bits per heavy atom. The van der Waals surface area contributed by atoms with Crippen molar-refractivity contribution in [2.45, 2.75) is 51.5 Å². The molecule has 2 rings (SSSR count). The van der Waals surface area contributed by atoms with Crippen LogP contribution in [0.5, 0.6) is 0 Å². The molecule has 1 amide bonds. The number of piperidine rings is 1. The maximum atomic E-state index is 12.4. The van der Waals surface area contributed by atoms with E-state index >= 15 is 0 Å². The Kier molecular flexibility index (Phi) is 9.33. The monoisotopic (exact) mass is 415 g/mol. The lowest BCUT2D eigenvalue weighted by Gasteiger charge is -2.33. The van der Waals surface area contributed by atoms with Crippen LogP contribution in [0.1, 0.15) is 61.5 Å². The maximum Gasteiger partial charge on any atom is 0.290 e. The van der Waals surface area contributed by atoms with E-state index in [1.54, 1.807) is 4.31 Å². The minimum absolute atomic E-state index is 0.0220. The summed E-state index contributed by atoms with van der Waals surface area (Å²) in [5.74, 6) is -0.226. The highest BCUT2D eigenvalue weighted by Gasteiger charge is 2.29. The second kappa shape index (κ2) is 11.0. The van der Waals surface area contributed by atoms with Crippen molar-refractivity contribution in [3.8, 4) is 0 Å². The van der Waals surface area contributed by atoms with Crippen molar-refractivity contribution in [2.75, 3.05) is 19.3 Å². The van der Waals surface area contributed by atoms with Crippen LogP contribution >= 0.6 is 0 Å². The molecule has 1 aliphatic rings. The Labute approximate surface area is 165 Å². The lowest BCUT2D eigenvalue weighted by Crippen LogP contribution is -2.44. The van der Waals surface area contributed by atoms with Crippen LogP contribution in [0.25, 0.3) is 0 Å². The molecule has 10 heteroatoms. The summed E-state index contributed by atoms with van der Waals surface area (Å²) in [6, 6.07) is 2.81. The Hall–Kier alpha value is -2.20. The number of nitrogens with one attached hydrogen (secondary N) is 2. The molecule has 1 aromatic heterocycles. The van der Waals surface area contributed by atoms with Crippen LogP contribution in [0.4, 0.5) is 0 Å². The lowest BCUT2D eigenvalue weighted by atomic mass is 10.0. The van der Waals surface area contributed by atoms with Crippen molar-refractivity contribution in [1.82, 2.24) is 14.6 Å². The molecule has 0 radical (unpaired) electrons. The Morgan fingerprint density at radius 1 is 1.39 bits per heavy atom. The molecule has 1 aromatic rings. The number of amides is 1. The predicted octanol–water partition coefficient (Wildman–Crippen LogP) is 1.13. The standard InChI is InChI=1S/C17H27N3O4S.CH2O2/c1-12(2)16-14(7-8-15(21)19-16)17(22)18-10-9-13-6-4-5-11-20(13)25(3,23)24;2-1-3/h7-8,12-13H,4-6,9-11H2,1-3H3,(H,18,22)(H,19,21);1H,(H,2,3). The number of carbonyl (C=O) groups is 2. The average Bonchev–Trinajstić information content (AvgIpc) is 2.61. The van der Waals surface area contributed by atoms with Gasteiger partial charge in [0.25, 0.3) is 12.4 Å². The Morgan fingerprint density at radius 2 is 2.04 bits per heavy atom. The van der Waals surface area contributed by atoms with E-state index in [1.807, 2.05) is 13.8 Å². The van der Waals surface area contributed by atoms with Crippen LogP contribution in [0.3, 0.4) is 0 Å². The lowest BCUT2D eigenvalue weighted by molar-refractivity contribution is -0.122. The topological polar surface area (TPSA) is 137 Å². The van der Waals surface area contributed by atoms with Crippen molar-refractivity contribution in [1.29, 1.82) is 0 Å². The van der Waals surface area contributed by atoms with Crippen LogP contribution in [-0.4, -0.2) is 60.6 Å². The van der Waals surface area contributed by atoms with Gasteiger partial charge in [-0.25, -0.2) is 8.42 Å². The van der Waals surface area contributed by atoms with Gasteiger partial charge in [0.1, 0.15) is 0 Å². The summed E-state index contributed by atoms with van der Waals surface area (Å²) in [4.78, 5) is 35.0. The first kappa shape index (κ1) is 23.8. The highest BCUT2D eigenvalue weighted by Crippen LogP contribution is 2.22. The minimum Gasteiger partial charge on any atom is -0.483 e. The van der Waals surface area contributed by atoms with E-state index in [-0.39, 0.29) is 29.9 Å². The normalized spacial score (nSPS) is 17.5. The first-order valence-corrected chi connectivity index (χ1v) is 11.0. The zero-order valence-electron chi connectivity index (χ0n) is 16.5. The molecule has 1 aliphatic heterocycles. The molecule has 0 bridgehead atoms. The molecule has 1 saturated heterocycles. The quantitative estimate of drug-likeness (QED) is 0.596. The van der Waals surface area contributed by atoms with E-state index < -0.39 is 10.0 Å². The number of aromatic amines is 1. The molecule has 9 nitrogen and oxygen atoms in total. The largest absolute Gasteiger partial charge is 0.483 e. The van der Waals surface area contributed by atoms with Gasteiger partial charge in [0.15, 0.2) is 0 Å². The number of pyridine rings is 1. The minimum atomic E-state index is -3.22. The average molecular weight is 416 g/mol. The van der Waals surface area contributed by atoms with Gasteiger partial charge in [0.05, 0.1) is 11.8 Å². The summed E-state index contributed by atoms with van der Waals surface area (Å²) in [6.07, 6.45) is 4.52. The van der Waals surface area contributed by atoms with Crippen LogP contribution < -0.4 is 10.9 Å². The Balaban J connectivity index is 0.00000122. The highest BCUT2D eigenvalue weighted by atomic mass is 32.2. The van der Waals surface area contributed by atoms with Crippen molar-refractivity contribution >= 4 is 22.4 Å². The van der Waals surface area contributed by atoms with Crippen molar-refractivity contribution in [3.63, 3.8) is 0 Å². The van der Waals surface area contributed by atoms with Gasteiger partial charge in [-0.15, -0.1) is 0 Å². The third-order valence-electron chi connectivity index (χ3n) is 4.53. The summed E-state index contributed by atoms with van der Waals surface area (Å²) in [7, 11) is -3.22. The molecule has 1 fully saturated rings. The van der Waals surface area contributed by atoms with Crippen LogP contribution in [0, 0.1) is 0 Å². The van der Waals surface area contributed by atoms with Crippen LogP contribution in [-0.2, 0) is 14.8 Å². The molecule has 2 heterocycles. The van der Waals surface area contributed by atoms with Crippen molar-refractivity contribution in [3.05, 3.63) is 33.7 Å². The van der Waals surface area contributed by atoms with Crippen molar-refractivity contribution in [2.24, 2.45) is 0 Å². The van der Waals surface area contributed by atoms with Gasteiger partial charge >= 0.3 is 0 Å². The third kappa shape index (κ3) is 7.08. The van der Waals surface area contributed by atoms with Crippen LogP contribution in [0.15, 0.2) is 16.9 Å². The fourth-order valence-electron chi connectivity index (χ4n) is 3.29. The summed E-state index contributed by atoms with van der Waals surface area (Å²) in [5.41, 5.74) is 0.838. The molecule has 3 N–H and O–H groups in total.